The number of benzene rings is 4. The molecule has 4 aromatic rings. The summed E-state index contributed by atoms with van der Waals surface area (Å²) in [6.45, 7) is 12.2. The smallest absolute Gasteiger partial charge is 0.206 e. The number of rotatable bonds is 6. The van der Waals surface area contributed by atoms with Gasteiger partial charge in [-0.05, 0) is 87.7 Å². The largest absolute Gasteiger partial charge is 0.219 e. The quantitative estimate of drug-likeness (QED) is 0.241. The Morgan fingerprint density at radius 1 is 0.564 bits per heavy atom. The minimum absolute atomic E-state index is 0.202. The van der Waals surface area contributed by atoms with E-state index < -0.39 is 25.1 Å². The molecule has 0 saturated carbocycles. The van der Waals surface area contributed by atoms with Crippen LogP contribution in [0.15, 0.2) is 105 Å². The number of sulfone groups is 2. The molecule has 202 valence electrons. The van der Waals surface area contributed by atoms with Crippen LogP contribution in [0.25, 0.3) is 11.1 Å². The van der Waals surface area contributed by atoms with Gasteiger partial charge in [-0.2, -0.15) is 0 Å². The van der Waals surface area contributed by atoms with E-state index in [9.17, 15) is 16.8 Å². The molecule has 0 bridgehead atoms. The molecular formula is C33H34O4S2. The minimum atomic E-state index is -3.81. The molecule has 1 aliphatic carbocycles. The maximum atomic E-state index is 13.9. The van der Waals surface area contributed by atoms with Crippen molar-refractivity contribution in [2.75, 3.05) is 0 Å². The highest BCUT2D eigenvalue weighted by Gasteiger charge is 2.41. The Hall–Kier alpha value is -3.22. The zero-order valence-corrected chi connectivity index (χ0v) is 24.8. The van der Waals surface area contributed by atoms with Crippen LogP contribution >= 0.6 is 0 Å². The Bertz CT molecular complexity index is 1780. The second-order valence-corrected chi connectivity index (χ2v) is 15.3. The van der Waals surface area contributed by atoms with E-state index in [4.69, 9.17) is 0 Å². The molecule has 6 heteroatoms. The topological polar surface area (TPSA) is 68.3 Å². The zero-order valence-electron chi connectivity index (χ0n) is 23.2. The normalized spacial score (nSPS) is 14.5. The Labute approximate surface area is 232 Å². The van der Waals surface area contributed by atoms with Crippen molar-refractivity contribution in [3.63, 3.8) is 0 Å². The third-order valence-electron chi connectivity index (χ3n) is 7.92. The van der Waals surface area contributed by atoms with Crippen molar-refractivity contribution in [1.82, 2.24) is 0 Å². The Morgan fingerprint density at radius 3 is 1.56 bits per heavy atom. The molecule has 4 aromatic carbocycles. The predicted octanol–water partition coefficient (Wildman–Crippen LogP) is 7.91. The number of hydrogen-bond acceptors (Lipinski definition) is 4. The second kappa shape index (κ2) is 9.46. The van der Waals surface area contributed by atoms with Crippen molar-refractivity contribution in [2.45, 2.75) is 78.4 Å². The lowest BCUT2D eigenvalue weighted by Gasteiger charge is -2.24. The van der Waals surface area contributed by atoms with E-state index in [-0.39, 0.29) is 19.6 Å². The summed E-state index contributed by atoms with van der Waals surface area (Å²) in [5.74, 6) is 0.606. The van der Waals surface area contributed by atoms with Gasteiger partial charge in [0.15, 0.2) is 0 Å². The first-order valence-electron chi connectivity index (χ1n) is 13.2. The molecule has 0 heterocycles. The molecule has 39 heavy (non-hydrogen) atoms. The van der Waals surface area contributed by atoms with Gasteiger partial charge >= 0.3 is 0 Å². The minimum Gasteiger partial charge on any atom is -0.219 e. The summed E-state index contributed by atoms with van der Waals surface area (Å²) in [4.78, 5) is 0.953. The fraction of sp³-hybridized carbons (Fsp3) is 0.273. The lowest BCUT2D eigenvalue weighted by Crippen LogP contribution is -2.20. The monoisotopic (exact) mass is 558 g/mol. The summed E-state index contributed by atoms with van der Waals surface area (Å²) >= 11 is 0. The van der Waals surface area contributed by atoms with Crippen molar-refractivity contribution in [2.24, 2.45) is 0 Å². The van der Waals surface area contributed by atoms with Gasteiger partial charge in [-0.25, -0.2) is 16.8 Å². The fourth-order valence-electron chi connectivity index (χ4n) is 5.53. The fourth-order valence-corrected chi connectivity index (χ4v) is 8.45. The molecule has 0 atom stereocenters. The maximum Gasteiger partial charge on any atom is 0.206 e. The van der Waals surface area contributed by atoms with Gasteiger partial charge in [-0.15, -0.1) is 0 Å². The molecule has 0 spiro atoms. The molecule has 4 nitrogen and oxygen atoms in total. The SMILES string of the molecule is CC(C)c1ccc(S(=O)(=O)c2ccc3c(c2)C(C)(C)c2c-3cccc2S(=O)(=O)c2ccc(C(C)C)cc2)cc1. The van der Waals surface area contributed by atoms with E-state index in [1.807, 2.05) is 50.2 Å². The molecule has 0 aromatic heterocycles. The highest BCUT2D eigenvalue weighted by Crippen LogP contribution is 2.52. The molecule has 0 saturated heterocycles. The van der Waals surface area contributed by atoms with Crippen molar-refractivity contribution in [3.05, 3.63) is 107 Å². The molecule has 0 amide bonds. The average molecular weight is 559 g/mol. The van der Waals surface area contributed by atoms with E-state index in [0.717, 1.165) is 27.8 Å². The van der Waals surface area contributed by atoms with E-state index in [2.05, 4.69) is 27.7 Å². The van der Waals surface area contributed by atoms with E-state index in [0.29, 0.717) is 17.4 Å². The van der Waals surface area contributed by atoms with Gasteiger partial charge in [-0.1, -0.05) is 84.0 Å². The van der Waals surface area contributed by atoms with Crippen LogP contribution in [-0.4, -0.2) is 16.8 Å². The first kappa shape index (κ1) is 27.4. The van der Waals surface area contributed by atoms with Gasteiger partial charge in [0, 0.05) is 5.41 Å². The second-order valence-electron chi connectivity index (χ2n) is 11.5. The van der Waals surface area contributed by atoms with Crippen molar-refractivity contribution in [1.29, 1.82) is 0 Å². The number of fused-ring (bicyclic) bond motifs is 3. The standard InChI is InChI=1S/C33H34O4S2/c1-21(2)23-10-14-25(15-11-23)38(34,35)27-18-19-28-29-8-7-9-31(32(29)33(5,6)30(28)20-27)39(36,37)26-16-12-24(13-17-26)22(3)4/h7-22H,1-6H3. The molecule has 5 rings (SSSR count). The molecule has 0 fully saturated rings. The van der Waals surface area contributed by atoms with E-state index in [1.54, 1.807) is 48.5 Å². The van der Waals surface area contributed by atoms with Crippen LogP contribution in [-0.2, 0) is 25.1 Å². The van der Waals surface area contributed by atoms with Crippen molar-refractivity contribution < 1.29 is 16.8 Å². The zero-order chi connectivity index (χ0) is 28.3. The van der Waals surface area contributed by atoms with E-state index >= 15 is 0 Å². The van der Waals surface area contributed by atoms with Crippen LogP contribution in [0.3, 0.4) is 0 Å². The highest BCUT2D eigenvalue weighted by atomic mass is 32.2. The van der Waals surface area contributed by atoms with Gasteiger partial charge < -0.3 is 0 Å². The van der Waals surface area contributed by atoms with Crippen molar-refractivity contribution in [3.8, 4) is 11.1 Å². The summed E-state index contributed by atoms with van der Waals surface area (Å²) in [5.41, 5.74) is 4.61. The summed E-state index contributed by atoms with van der Waals surface area (Å²) in [5, 5.41) is 0. The summed E-state index contributed by atoms with van der Waals surface area (Å²) in [6, 6.07) is 24.6. The van der Waals surface area contributed by atoms with Gasteiger partial charge in [0.25, 0.3) is 0 Å². The third-order valence-corrected chi connectivity index (χ3v) is 11.5. The van der Waals surface area contributed by atoms with Crippen molar-refractivity contribution >= 4 is 19.7 Å². The van der Waals surface area contributed by atoms with Gasteiger partial charge in [0.1, 0.15) is 0 Å². The van der Waals surface area contributed by atoms with E-state index in [1.165, 1.54) is 0 Å². The Morgan fingerprint density at radius 2 is 1.05 bits per heavy atom. The summed E-state index contributed by atoms with van der Waals surface area (Å²) in [7, 11) is -7.56. The predicted molar refractivity (Wildman–Crippen MR) is 156 cm³/mol. The summed E-state index contributed by atoms with van der Waals surface area (Å²) < 4.78 is 55.0. The first-order chi connectivity index (χ1) is 18.3. The van der Waals surface area contributed by atoms with Crippen LogP contribution in [0.2, 0.25) is 0 Å². The third kappa shape index (κ3) is 4.44. The van der Waals surface area contributed by atoms with Gasteiger partial charge in [0.05, 0.1) is 19.6 Å². The molecule has 0 radical (unpaired) electrons. The van der Waals surface area contributed by atoms with Crippen LogP contribution in [0, 0.1) is 0 Å². The molecular weight excluding hydrogens is 524 g/mol. The van der Waals surface area contributed by atoms with Crippen LogP contribution in [0.4, 0.5) is 0 Å². The van der Waals surface area contributed by atoms with Gasteiger partial charge in [-0.3, -0.25) is 0 Å². The molecule has 0 N–H and O–H groups in total. The lowest BCUT2D eigenvalue weighted by molar-refractivity contribution is 0.585. The van der Waals surface area contributed by atoms with Crippen LogP contribution in [0.5, 0.6) is 0 Å². The molecule has 1 aliphatic rings. The van der Waals surface area contributed by atoms with Crippen LogP contribution < -0.4 is 0 Å². The van der Waals surface area contributed by atoms with Gasteiger partial charge in [0.2, 0.25) is 19.7 Å². The van der Waals surface area contributed by atoms with Crippen LogP contribution in [0.1, 0.15) is 75.6 Å². The average Bonchev–Trinajstić information content (AvgIpc) is 3.15. The summed E-state index contributed by atoms with van der Waals surface area (Å²) in [6.07, 6.45) is 0. The Balaban J connectivity index is 1.60. The Kier molecular flexibility index (Phi) is 6.63. The molecule has 0 unspecified atom stereocenters. The number of hydrogen-bond donors (Lipinski definition) is 0. The lowest BCUT2D eigenvalue weighted by atomic mass is 9.82. The molecule has 0 aliphatic heterocycles. The first-order valence-corrected chi connectivity index (χ1v) is 16.2. The highest BCUT2D eigenvalue weighted by molar-refractivity contribution is 7.91. The maximum absolute atomic E-state index is 13.9.